The van der Waals surface area contributed by atoms with Gasteiger partial charge in [-0.15, -0.1) is 0 Å². The third kappa shape index (κ3) is 3.27. The van der Waals surface area contributed by atoms with Gasteiger partial charge in [-0.25, -0.2) is 4.79 Å². The quantitative estimate of drug-likeness (QED) is 0.695. The molecule has 4 nitrogen and oxygen atoms in total. The highest BCUT2D eigenvalue weighted by atomic mass is 16.6. The van der Waals surface area contributed by atoms with Gasteiger partial charge in [-0.3, -0.25) is 4.98 Å². The lowest BCUT2D eigenvalue weighted by Gasteiger charge is -2.19. The van der Waals surface area contributed by atoms with Gasteiger partial charge in [0.05, 0.1) is 5.52 Å². The van der Waals surface area contributed by atoms with Crippen LogP contribution in [0.5, 0.6) is 0 Å². The van der Waals surface area contributed by atoms with Crippen molar-refractivity contribution in [3.8, 4) is 0 Å². The summed E-state index contributed by atoms with van der Waals surface area (Å²) < 4.78 is 5.50. The molecule has 0 atom stereocenters. The number of nitrogens with zero attached hydrogens (tertiary/aromatic N) is 2. The van der Waals surface area contributed by atoms with E-state index in [1.54, 1.807) is 4.90 Å². The maximum Gasteiger partial charge on any atom is 0.410 e. The molecule has 0 unspecified atom stereocenters. The molecule has 0 saturated heterocycles. The highest BCUT2D eigenvalue weighted by Crippen LogP contribution is 2.25. The number of hydrogen-bond donors (Lipinski definition) is 0. The fourth-order valence-corrected chi connectivity index (χ4v) is 3.61. The van der Waals surface area contributed by atoms with Gasteiger partial charge in [0.15, 0.2) is 0 Å². The number of aromatic nitrogens is 1. The maximum atomic E-state index is 12.5. The highest BCUT2D eigenvalue weighted by molar-refractivity contribution is 5.83. The van der Waals surface area contributed by atoms with Gasteiger partial charge < -0.3 is 9.64 Å². The lowest BCUT2D eigenvalue weighted by Crippen LogP contribution is -2.33. The molecule has 0 radical (unpaired) electrons. The van der Waals surface area contributed by atoms with Crippen molar-refractivity contribution in [2.45, 2.75) is 26.4 Å². The third-order valence-corrected chi connectivity index (χ3v) is 5.08. The van der Waals surface area contributed by atoms with E-state index in [4.69, 9.17) is 9.72 Å². The van der Waals surface area contributed by atoms with Gasteiger partial charge in [-0.2, -0.15) is 0 Å². The number of fused-ring (bicyclic) bond motifs is 2. The van der Waals surface area contributed by atoms with E-state index in [1.807, 2.05) is 42.5 Å². The predicted molar refractivity (Wildman–Crippen MR) is 102 cm³/mol. The van der Waals surface area contributed by atoms with E-state index in [2.05, 4.69) is 19.1 Å². The second kappa shape index (κ2) is 7.16. The summed E-state index contributed by atoms with van der Waals surface area (Å²) >= 11 is 0. The van der Waals surface area contributed by atoms with Gasteiger partial charge in [-0.05, 0) is 36.1 Å². The molecule has 26 heavy (non-hydrogen) atoms. The summed E-state index contributed by atoms with van der Waals surface area (Å²) in [6.45, 7) is 3.78. The Morgan fingerprint density at radius 1 is 1.04 bits per heavy atom. The minimum Gasteiger partial charge on any atom is -0.445 e. The molecule has 1 amide bonds. The highest BCUT2D eigenvalue weighted by Gasteiger charge is 2.22. The molecule has 0 saturated carbocycles. The Balaban J connectivity index is 1.48. The van der Waals surface area contributed by atoms with E-state index in [-0.39, 0.29) is 6.09 Å². The maximum absolute atomic E-state index is 12.5. The monoisotopic (exact) mass is 346 g/mol. The largest absolute Gasteiger partial charge is 0.445 e. The number of amides is 1. The molecule has 1 aliphatic heterocycles. The van der Waals surface area contributed by atoms with Crippen molar-refractivity contribution in [2.24, 2.45) is 0 Å². The normalized spacial score (nSPS) is 14.0. The molecule has 1 aliphatic rings. The van der Waals surface area contributed by atoms with Crippen LogP contribution in [0.25, 0.3) is 10.9 Å². The Hall–Kier alpha value is -2.88. The van der Waals surface area contributed by atoms with Crippen molar-refractivity contribution in [3.05, 3.63) is 77.0 Å². The molecule has 0 N–H and O–H groups in total. The molecule has 1 aromatic heterocycles. The van der Waals surface area contributed by atoms with Crippen molar-refractivity contribution >= 4 is 17.0 Å². The van der Waals surface area contributed by atoms with Crippen molar-refractivity contribution < 1.29 is 9.53 Å². The number of aryl methyl sites for hydroxylation is 1. The second-order valence-corrected chi connectivity index (χ2v) is 6.71. The Kier molecular flexibility index (Phi) is 4.57. The van der Waals surface area contributed by atoms with Gasteiger partial charge in [0, 0.05) is 30.6 Å². The number of carbonyl (C=O) groups is 1. The molecule has 2 heterocycles. The van der Waals surface area contributed by atoms with Crippen molar-refractivity contribution in [1.29, 1.82) is 0 Å². The van der Waals surface area contributed by atoms with E-state index in [1.165, 1.54) is 16.5 Å². The minimum absolute atomic E-state index is 0.246. The average molecular weight is 346 g/mol. The molecule has 132 valence electrons. The molecule has 3 aromatic rings. The van der Waals surface area contributed by atoms with E-state index in [0.717, 1.165) is 29.6 Å². The van der Waals surface area contributed by atoms with Gasteiger partial charge in [-0.1, -0.05) is 48.5 Å². The van der Waals surface area contributed by atoms with E-state index in [9.17, 15) is 4.79 Å². The van der Waals surface area contributed by atoms with Crippen LogP contribution in [0.4, 0.5) is 4.79 Å². The van der Waals surface area contributed by atoms with Crippen LogP contribution >= 0.6 is 0 Å². The number of rotatable bonds is 2. The first-order chi connectivity index (χ1) is 12.7. The van der Waals surface area contributed by atoms with Crippen molar-refractivity contribution in [1.82, 2.24) is 9.88 Å². The summed E-state index contributed by atoms with van der Waals surface area (Å²) in [6.07, 6.45) is 1.34. The summed E-state index contributed by atoms with van der Waals surface area (Å²) in [6, 6.07) is 18.0. The van der Waals surface area contributed by atoms with E-state index in [0.29, 0.717) is 19.7 Å². The fraction of sp³-hybridized carbons (Fsp3) is 0.273. The van der Waals surface area contributed by atoms with Crippen LogP contribution in [0.3, 0.4) is 0 Å². The van der Waals surface area contributed by atoms with Crippen LogP contribution in [-0.2, 0) is 24.2 Å². The fourth-order valence-electron chi connectivity index (χ4n) is 3.61. The smallest absolute Gasteiger partial charge is 0.410 e. The van der Waals surface area contributed by atoms with Crippen molar-refractivity contribution in [2.75, 3.05) is 13.1 Å². The Morgan fingerprint density at radius 2 is 1.77 bits per heavy atom. The van der Waals surface area contributed by atoms with Crippen molar-refractivity contribution in [3.63, 3.8) is 0 Å². The van der Waals surface area contributed by atoms with E-state index < -0.39 is 0 Å². The summed E-state index contributed by atoms with van der Waals surface area (Å²) in [7, 11) is 0. The summed E-state index contributed by atoms with van der Waals surface area (Å²) in [5.41, 5.74) is 5.71. The molecular weight excluding hydrogens is 324 g/mol. The number of carbonyl (C=O) groups excluding carboxylic acids is 1. The first kappa shape index (κ1) is 16.6. The van der Waals surface area contributed by atoms with Gasteiger partial charge in [0.25, 0.3) is 0 Å². The van der Waals surface area contributed by atoms with Crippen LogP contribution < -0.4 is 0 Å². The molecule has 4 heteroatoms. The van der Waals surface area contributed by atoms with Gasteiger partial charge in [0.1, 0.15) is 6.61 Å². The number of ether oxygens (including phenoxy) is 1. The topological polar surface area (TPSA) is 42.4 Å². The van der Waals surface area contributed by atoms with Gasteiger partial charge >= 0.3 is 6.09 Å². The zero-order valence-corrected chi connectivity index (χ0v) is 14.9. The average Bonchev–Trinajstić information content (AvgIpc) is 2.90. The van der Waals surface area contributed by atoms with Crippen LogP contribution in [0.15, 0.2) is 54.6 Å². The Bertz CT molecular complexity index is 938. The van der Waals surface area contributed by atoms with Crippen LogP contribution in [0.1, 0.15) is 22.4 Å². The number of para-hydroxylation sites is 1. The molecule has 0 aliphatic carbocycles. The zero-order valence-electron chi connectivity index (χ0n) is 14.9. The number of hydrogen-bond acceptors (Lipinski definition) is 3. The molecule has 0 fully saturated rings. The SMILES string of the molecule is Cc1c2c(nc3ccccc13)CCN(C(=O)OCc1ccccc1)CC2. The lowest BCUT2D eigenvalue weighted by molar-refractivity contribution is 0.0977. The number of benzene rings is 2. The molecule has 4 rings (SSSR count). The van der Waals surface area contributed by atoms with E-state index >= 15 is 0 Å². The second-order valence-electron chi connectivity index (χ2n) is 6.71. The minimum atomic E-state index is -0.246. The first-order valence-corrected chi connectivity index (χ1v) is 9.05. The standard InChI is InChI=1S/C22H22N2O2/c1-16-18-9-5-6-10-20(18)23-21-12-14-24(13-11-19(16)21)22(25)26-15-17-7-3-2-4-8-17/h2-10H,11-15H2,1H3. The Morgan fingerprint density at radius 3 is 2.62 bits per heavy atom. The predicted octanol–water partition coefficient (Wildman–Crippen LogP) is 4.28. The lowest BCUT2D eigenvalue weighted by atomic mass is 9.99. The van der Waals surface area contributed by atoms with Crippen LogP contribution in [0, 0.1) is 6.92 Å². The molecular formula is C22H22N2O2. The van der Waals surface area contributed by atoms with Gasteiger partial charge in [0.2, 0.25) is 0 Å². The summed E-state index contributed by atoms with van der Waals surface area (Å²) in [5, 5.41) is 1.20. The zero-order chi connectivity index (χ0) is 17.9. The third-order valence-electron chi connectivity index (χ3n) is 5.08. The first-order valence-electron chi connectivity index (χ1n) is 9.05. The van der Waals surface area contributed by atoms with Crippen LogP contribution in [-0.4, -0.2) is 29.1 Å². The van der Waals surface area contributed by atoms with Crippen LogP contribution in [0.2, 0.25) is 0 Å². The summed E-state index contributed by atoms with van der Waals surface area (Å²) in [5.74, 6) is 0. The molecule has 0 spiro atoms. The molecule has 0 bridgehead atoms. The summed E-state index contributed by atoms with van der Waals surface area (Å²) in [4.78, 5) is 19.1. The number of pyridine rings is 1. The Labute approximate surface area is 153 Å². The molecule has 2 aromatic carbocycles.